The average molecular weight is 432 g/mol. The number of piperidine rings is 1. The van der Waals surface area contributed by atoms with E-state index in [1.54, 1.807) is 0 Å². The Kier molecular flexibility index (Phi) is 5.34. The highest BCUT2D eigenvalue weighted by Gasteiger charge is 2.30. The molecule has 0 aromatic carbocycles. The Hall–Kier alpha value is -2.47. The molecule has 2 fully saturated rings. The van der Waals surface area contributed by atoms with Gasteiger partial charge in [-0.2, -0.15) is 5.10 Å². The predicted octanol–water partition coefficient (Wildman–Crippen LogP) is 4.11. The molecule has 1 saturated heterocycles. The molecule has 6 rings (SSSR count). The van der Waals surface area contributed by atoms with Gasteiger partial charge in [0.05, 0.1) is 6.20 Å². The molecule has 32 heavy (non-hydrogen) atoms. The quantitative estimate of drug-likeness (QED) is 0.610. The molecule has 2 aliphatic carbocycles. The van der Waals surface area contributed by atoms with Crippen molar-refractivity contribution < 1.29 is 0 Å². The summed E-state index contributed by atoms with van der Waals surface area (Å²) < 4.78 is 4.33. The van der Waals surface area contributed by atoms with Crippen molar-refractivity contribution in [1.82, 2.24) is 24.2 Å². The molecule has 0 bridgehead atoms. The maximum absolute atomic E-state index is 13.6. The molecule has 0 N–H and O–H groups in total. The van der Waals surface area contributed by atoms with E-state index in [0.29, 0.717) is 12.0 Å². The van der Waals surface area contributed by atoms with Crippen LogP contribution in [0.1, 0.15) is 67.7 Å². The predicted molar refractivity (Wildman–Crippen MR) is 126 cm³/mol. The van der Waals surface area contributed by atoms with Gasteiger partial charge in [0.1, 0.15) is 5.65 Å². The van der Waals surface area contributed by atoms with Gasteiger partial charge in [0.2, 0.25) is 0 Å². The van der Waals surface area contributed by atoms with Crippen LogP contribution in [0.3, 0.4) is 0 Å². The van der Waals surface area contributed by atoms with Crippen molar-refractivity contribution in [2.45, 2.75) is 76.9 Å². The van der Waals surface area contributed by atoms with Crippen molar-refractivity contribution in [2.24, 2.45) is 5.92 Å². The maximum atomic E-state index is 13.6. The van der Waals surface area contributed by atoms with Crippen molar-refractivity contribution in [2.75, 3.05) is 13.1 Å². The van der Waals surface area contributed by atoms with Gasteiger partial charge in [0, 0.05) is 49.0 Å². The minimum absolute atomic E-state index is 0.278. The summed E-state index contributed by atoms with van der Waals surface area (Å²) in [5.41, 5.74) is 5.03. The molecule has 0 spiro atoms. The summed E-state index contributed by atoms with van der Waals surface area (Å²) in [4.78, 5) is 20.4. The van der Waals surface area contributed by atoms with E-state index in [1.807, 2.05) is 18.5 Å². The van der Waals surface area contributed by atoms with Gasteiger partial charge in [-0.3, -0.25) is 19.2 Å². The lowest BCUT2D eigenvalue weighted by molar-refractivity contribution is 0.153. The first kappa shape index (κ1) is 20.2. The number of hydrogen-bond acceptors (Lipinski definition) is 4. The third-order valence-electron chi connectivity index (χ3n) is 7.91. The summed E-state index contributed by atoms with van der Waals surface area (Å²) in [6, 6.07) is 4.55. The van der Waals surface area contributed by atoms with E-state index in [2.05, 4.69) is 31.4 Å². The standard InChI is InChI=1S/C26H33N5O/c32-26-23-11-2-1-10-22(23)24-15-28-30(25(24)31(26)21-8-3-9-21)18-20-7-5-13-29(17-20)16-19-6-4-12-27-14-19/h4,6,12,14-15,20-21H,1-3,5,7-11,13,16-18H2. The number of pyridine rings is 2. The average Bonchev–Trinajstić information content (AvgIpc) is 3.20. The molecule has 6 nitrogen and oxygen atoms in total. The van der Waals surface area contributed by atoms with Gasteiger partial charge >= 0.3 is 0 Å². The van der Waals surface area contributed by atoms with Crippen LogP contribution in [-0.2, 0) is 25.9 Å². The highest BCUT2D eigenvalue weighted by molar-refractivity contribution is 5.81. The lowest BCUT2D eigenvalue weighted by Crippen LogP contribution is -2.38. The van der Waals surface area contributed by atoms with Gasteiger partial charge in [-0.05, 0) is 87.4 Å². The van der Waals surface area contributed by atoms with Crippen molar-refractivity contribution in [3.05, 3.63) is 57.8 Å². The Balaban J connectivity index is 1.31. The Labute approximate surface area is 189 Å². The van der Waals surface area contributed by atoms with Gasteiger partial charge in [0.25, 0.3) is 5.56 Å². The topological polar surface area (TPSA) is 56.0 Å². The molecule has 0 amide bonds. The molecule has 3 aliphatic rings. The zero-order valence-corrected chi connectivity index (χ0v) is 18.9. The zero-order chi connectivity index (χ0) is 21.5. The van der Waals surface area contributed by atoms with E-state index >= 15 is 0 Å². The van der Waals surface area contributed by atoms with Crippen LogP contribution in [0.4, 0.5) is 0 Å². The Morgan fingerprint density at radius 1 is 1.00 bits per heavy atom. The van der Waals surface area contributed by atoms with E-state index in [9.17, 15) is 4.79 Å². The van der Waals surface area contributed by atoms with Crippen molar-refractivity contribution in [1.29, 1.82) is 0 Å². The number of aryl methyl sites for hydroxylation is 1. The lowest BCUT2D eigenvalue weighted by Gasteiger charge is -2.34. The molecule has 168 valence electrons. The van der Waals surface area contributed by atoms with Crippen LogP contribution in [0.5, 0.6) is 0 Å². The van der Waals surface area contributed by atoms with E-state index in [-0.39, 0.29) is 5.56 Å². The summed E-state index contributed by atoms with van der Waals surface area (Å²) >= 11 is 0. The zero-order valence-electron chi connectivity index (χ0n) is 18.9. The number of aromatic nitrogens is 4. The third kappa shape index (κ3) is 3.58. The fourth-order valence-electron chi connectivity index (χ4n) is 6.08. The van der Waals surface area contributed by atoms with E-state index in [4.69, 9.17) is 5.10 Å². The summed E-state index contributed by atoms with van der Waals surface area (Å²) in [5, 5.41) is 6.12. The highest BCUT2D eigenvalue weighted by atomic mass is 16.1. The Morgan fingerprint density at radius 3 is 2.66 bits per heavy atom. The van der Waals surface area contributed by atoms with E-state index < -0.39 is 0 Å². The minimum atomic E-state index is 0.278. The van der Waals surface area contributed by atoms with Crippen LogP contribution in [0.2, 0.25) is 0 Å². The first-order chi connectivity index (χ1) is 15.8. The fourth-order valence-corrected chi connectivity index (χ4v) is 6.08. The molecule has 1 saturated carbocycles. The van der Waals surface area contributed by atoms with Crippen LogP contribution in [0.15, 0.2) is 35.5 Å². The first-order valence-electron chi connectivity index (χ1n) is 12.5. The fraction of sp³-hybridized carbons (Fsp3) is 0.577. The molecule has 1 atom stereocenters. The lowest BCUT2D eigenvalue weighted by atomic mass is 9.88. The smallest absolute Gasteiger partial charge is 0.255 e. The van der Waals surface area contributed by atoms with Crippen LogP contribution in [0.25, 0.3) is 11.0 Å². The van der Waals surface area contributed by atoms with Crippen molar-refractivity contribution >= 4 is 11.0 Å². The number of rotatable bonds is 5. The minimum Gasteiger partial charge on any atom is -0.299 e. The maximum Gasteiger partial charge on any atom is 0.255 e. The Morgan fingerprint density at radius 2 is 1.88 bits per heavy atom. The van der Waals surface area contributed by atoms with E-state index in [0.717, 1.165) is 69.5 Å². The SMILES string of the molecule is O=c1c2c(c3cnn(CC4CCCN(Cc5cccnc5)C4)c3n1C1CCC1)CCCC2. The van der Waals surface area contributed by atoms with Gasteiger partial charge in [-0.1, -0.05) is 6.07 Å². The Bertz CT molecular complexity index is 1160. The summed E-state index contributed by atoms with van der Waals surface area (Å²) in [6.07, 6.45) is 16.1. The molecule has 6 heteroatoms. The van der Waals surface area contributed by atoms with E-state index in [1.165, 1.54) is 42.2 Å². The number of hydrogen-bond donors (Lipinski definition) is 0. The molecule has 0 radical (unpaired) electrons. The molecule has 3 aromatic heterocycles. The largest absolute Gasteiger partial charge is 0.299 e. The second kappa shape index (κ2) is 8.47. The van der Waals surface area contributed by atoms with Gasteiger partial charge in [-0.25, -0.2) is 4.68 Å². The summed E-state index contributed by atoms with van der Waals surface area (Å²) in [7, 11) is 0. The second-order valence-corrected chi connectivity index (χ2v) is 10.1. The second-order valence-electron chi connectivity index (χ2n) is 10.1. The normalized spacial score (nSPS) is 22.1. The molecule has 4 heterocycles. The number of nitrogens with zero attached hydrogens (tertiary/aromatic N) is 5. The van der Waals surface area contributed by atoms with Gasteiger partial charge in [0.15, 0.2) is 0 Å². The van der Waals surface area contributed by atoms with Crippen molar-refractivity contribution in [3.63, 3.8) is 0 Å². The third-order valence-corrected chi connectivity index (χ3v) is 7.91. The van der Waals surface area contributed by atoms with Crippen LogP contribution >= 0.6 is 0 Å². The molecular weight excluding hydrogens is 398 g/mol. The number of likely N-dealkylation sites (tertiary alicyclic amines) is 1. The first-order valence-corrected chi connectivity index (χ1v) is 12.5. The summed E-state index contributed by atoms with van der Waals surface area (Å²) in [6.45, 7) is 4.09. The number of fused-ring (bicyclic) bond motifs is 3. The molecule has 1 unspecified atom stereocenters. The van der Waals surface area contributed by atoms with Crippen molar-refractivity contribution in [3.8, 4) is 0 Å². The summed E-state index contributed by atoms with van der Waals surface area (Å²) in [5.74, 6) is 0.560. The van der Waals surface area contributed by atoms with Crippen LogP contribution in [-0.4, -0.2) is 37.3 Å². The highest BCUT2D eigenvalue weighted by Crippen LogP contribution is 2.36. The van der Waals surface area contributed by atoms with Crippen LogP contribution < -0.4 is 5.56 Å². The van der Waals surface area contributed by atoms with Gasteiger partial charge < -0.3 is 0 Å². The molecular formula is C26H33N5O. The monoisotopic (exact) mass is 431 g/mol. The molecule has 1 aliphatic heterocycles. The van der Waals surface area contributed by atoms with Crippen LogP contribution in [0, 0.1) is 5.92 Å². The molecule has 3 aromatic rings. The van der Waals surface area contributed by atoms with Gasteiger partial charge in [-0.15, -0.1) is 0 Å².